The van der Waals surface area contributed by atoms with Crippen LogP contribution in [-0.2, 0) is 14.2 Å². The first-order valence-corrected chi connectivity index (χ1v) is 5.41. The minimum atomic E-state index is -0.316. The third kappa shape index (κ3) is 7.44. The normalized spacial score (nSPS) is 14.0. The Morgan fingerprint density at radius 1 is 1.31 bits per heavy atom. The monoisotopic (exact) mass is 234 g/mol. The second-order valence-electron chi connectivity index (χ2n) is 3.25. The van der Waals surface area contributed by atoms with Crippen LogP contribution in [-0.4, -0.2) is 50.7 Å². The molecular weight excluding hydrogens is 212 g/mol. The van der Waals surface area contributed by atoms with Crippen molar-refractivity contribution in [3.8, 4) is 0 Å². The molecule has 0 aromatic carbocycles. The highest BCUT2D eigenvalue weighted by molar-refractivity contribution is 5.84. The second kappa shape index (κ2) is 10.7. The van der Waals surface area contributed by atoms with Crippen molar-refractivity contribution >= 4 is 5.84 Å². The molecule has 0 fully saturated rings. The minimum absolute atomic E-state index is 0.114. The van der Waals surface area contributed by atoms with E-state index in [0.717, 1.165) is 6.42 Å². The lowest BCUT2D eigenvalue weighted by atomic mass is 10.2. The fraction of sp³-hybridized carbons (Fsp3) is 0.900. The van der Waals surface area contributed by atoms with Crippen LogP contribution in [0.15, 0.2) is 5.16 Å². The van der Waals surface area contributed by atoms with Crippen LogP contribution in [0.3, 0.4) is 0 Å². The summed E-state index contributed by atoms with van der Waals surface area (Å²) in [5, 5.41) is 11.4. The summed E-state index contributed by atoms with van der Waals surface area (Å²) in [5.41, 5.74) is 5.44. The van der Waals surface area contributed by atoms with E-state index in [0.29, 0.717) is 32.8 Å². The van der Waals surface area contributed by atoms with Crippen LogP contribution in [0.25, 0.3) is 0 Å². The Kier molecular flexibility index (Phi) is 10.1. The van der Waals surface area contributed by atoms with Crippen molar-refractivity contribution in [2.24, 2.45) is 10.9 Å². The number of amidine groups is 1. The van der Waals surface area contributed by atoms with Gasteiger partial charge >= 0.3 is 0 Å². The third-order valence-corrected chi connectivity index (χ3v) is 2.00. The van der Waals surface area contributed by atoms with Gasteiger partial charge in [-0.15, -0.1) is 0 Å². The topological polar surface area (TPSA) is 86.3 Å². The largest absolute Gasteiger partial charge is 0.409 e. The molecule has 0 aliphatic heterocycles. The van der Waals surface area contributed by atoms with Gasteiger partial charge in [0, 0.05) is 20.3 Å². The van der Waals surface area contributed by atoms with E-state index in [1.165, 1.54) is 0 Å². The van der Waals surface area contributed by atoms with Gasteiger partial charge in [-0.05, 0) is 12.8 Å². The molecular formula is C10H22N2O4. The van der Waals surface area contributed by atoms with Crippen molar-refractivity contribution in [2.75, 3.05) is 33.5 Å². The van der Waals surface area contributed by atoms with E-state index < -0.39 is 0 Å². The predicted octanol–water partition coefficient (Wildman–Crippen LogP) is 0.581. The van der Waals surface area contributed by atoms with Gasteiger partial charge in [-0.2, -0.15) is 0 Å². The van der Waals surface area contributed by atoms with Gasteiger partial charge in [-0.1, -0.05) is 12.1 Å². The molecule has 0 radical (unpaired) electrons. The molecule has 3 N–H and O–H groups in total. The standard InChI is InChI=1S/C10H22N2O4/c1-3-9(10(11)12-13)16-6-4-5-15-8-7-14-2/h9,13H,3-8H2,1-2H3,(H2,11,12). The highest BCUT2D eigenvalue weighted by atomic mass is 16.5. The van der Waals surface area contributed by atoms with Gasteiger partial charge in [-0.3, -0.25) is 0 Å². The zero-order valence-corrected chi connectivity index (χ0v) is 10.0. The number of methoxy groups -OCH3 is 1. The maximum atomic E-state index is 8.48. The predicted molar refractivity (Wildman–Crippen MR) is 60.8 cm³/mol. The van der Waals surface area contributed by atoms with E-state index in [1.807, 2.05) is 6.92 Å². The molecule has 1 atom stereocenters. The van der Waals surface area contributed by atoms with Crippen LogP contribution >= 0.6 is 0 Å². The Balaban J connectivity index is 3.42. The van der Waals surface area contributed by atoms with Crippen LogP contribution in [0.1, 0.15) is 19.8 Å². The van der Waals surface area contributed by atoms with E-state index in [1.54, 1.807) is 7.11 Å². The highest BCUT2D eigenvalue weighted by Crippen LogP contribution is 1.99. The lowest BCUT2D eigenvalue weighted by Gasteiger charge is -2.14. The van der Waals surface area contributed by atoms with Crippen molar-refractivity contribution in [1.82, 2.24) is 0 Å². The lowest BCUT2D eigenvalue weighted by molar-refractivity contribution is 0.0411. The number of oxime groups is 1. The summed E-state index contributed by atoms with van der Waals surface area (Å²) in [6.07, 6.45) is 1.14. The third-order valence-electron chi connectivity index (χ3n) is 2.00. The fourth-order valence-electron chi connectivity index (χ4n) is 1.11. The van der Waals surface area contributed by atoms with Gasteiger partial charge in [-0.25, -0.2) is 0 Å². The Bertz CT molecular complexity index is 188. The molecule has 0 aromatic heterocycles. The van der Waals surface area contributed by atoms with E-state index in [2.05, 4.69) is 5.16 Å². The number of hydrogen-bond donors (Lipinski definition) is 2. The molecule has 1 unspecified atom stereocenters. The molecule has 0 aromatic rings. The van der Waals surface area contributed by atoms with Crippen LogP contribution in [0.5, 0.6) is 0 Å². The Morgan fingerprint density at radius 2 is 2.06 bits per heavy atom. The zero-order valence-electron chi connectivity index (χ0n) is 10.0. The molecule has 0 spiro atoms. The molecule has 6 nitrogen and oxygen atoms in total. The smallest absolute Gasteiger partial charge is 0.168 e. The summed E-state index contributed by atoms with van der Waals surface area (Å²) in [6, 6.07) is 0. The maximum absolute atomic E-state index is 8.48. The molecule has 0 aliphatic carbocycles. The Morgan fingerprint density at radius 3 is 2.62 bits per heavy atom. The molecule has 0 bridgehead atoms. The Labute approximate surface area is 96.3 Å². The number of rotatable bonds is 10. The molecule has 0 rings (SSSR count). The maximum Gasteiger partial charge on any atom is 0.168 e. The molecule has 96 valence electrons. The van der Waals surface area contributed by atoms with E-state index in [9.17, 15) is 0 Å². The van der Waals surface area contributed by atoms with Crippen LogP contribution in [0.2, 0.25) is 0 Å². The summed E-state index contributed by atoms with van der Waals surface area (Å²) in [5.74, 6) is 0.114. The molecule has 0 amide bonds. The van der Waals surface area contributed by atoms with Crippen molar-refractivity contribution in [3.05, 3.63) is 0 Å². The van der Waals surface area contributed by atoms with E-state index in [4.69, 9.17) is 25.2 Å². The number of nitrogens with two attached hydrogens (primary N) is 1. The molecule has 0 heterocycles. The molecule has 6 heteroatoms. The van der Waals surface area contributed by atoms with E-state index >= 15 is 0 Å². The van der Waals surface area contributed by atoms with Crippen LogP contribution in [0, 0.1) is 0 Å². The van der Waals surface area contributed by atoms with Crippen molar-refractivity contribution < 1.29 is 19.4 Å². The highest BCUT2D eigenvalue weighted by Gasteiger charge is 2.11. The summed E-state index contributed by atoms with van der Waals surface area (Å²) in [6.45, 7) is 4.26. The van der Waals surface area contributed by atoms with E-state index in [-0.39, 0.29) is 11.9 Å². The first-order chi connectivity index (χ1) is 7.76. The molecule has 0 aliphatic rings. The average molecular weight is 234 g/mol. The number of nitrogens with zero attached hydrogens (tertiary/aromatic N) is 1. The van der Waals surface area contributed by atoms with Crippen LogP contribution in [0.4, 0.5) is 0 Å². The summed E-state index contributed by atoms with van der Waals surface area (Å²) in [4.78, 5) is 0. The van der Waals surface area contributed by atoms with Gasteiger partial charge in [0.25, 0.3) is 0 Å². The fourth-order valence-corrected chi connectivity index (χ4v) is 1.11. The summed E-state index contributed by atoms with van der Waals surface area (Å²) < 4.78 is 15.5. The van der Waals surface area contributed by atoms with Crippen LogP contribution < -0.4 is 5.73 Å². The summed E-state index contributed by atoms with van der Waals surface area (Å²) >= 11 is 0. The van der Waals surface area contributed by atoms with Crippen molar-refractivity contribution in [1.29, 1.82) is 0 Å². The first-order valence-electron chi connectivity index (χ1n) is 5.41. The van der Waals surface area contributed by atoms with Gasteiger partial charge < -0.3 is 25.2 Å². The van der Waals surface area contributed by atoms with Gasteiger partial charge in [0.1, 0.15) is 6.10 Å². The number of ether oxygens (including phenoxy) is 3. The Hall–Kier alpha value is -0.850. The minimum Gasteiger partial charge on any atom is -0.409 e. The van der Waals surface area contributed by atoms with Crippen molar-refractivity contribution in [2.45, 2.75) is 25.9 Å². The quantitative estimate of drug-likeness (QED) is 0.190. The van der Waals surface area contributed by atoms with Gasteiger partial charge in [0.2, 0.25) is 0 Å². The summed E-state index contributed by atoms with van der Waals surface area (Å²) in [7, 11) is 1.63. The molecule has 16 heavy (non-hydrogen) atoms. The SMILES string of the molecule is CCC(OCCCOCCOC)C(N)=NO. The first kappa shape index (κ1) is 15.2. The van der Waals surface area contributed by atoms with Gasteiger partial charge in [0.15, 0.2) is 5.84 Å². The van der Waals surface area contributed by atoms with Gasteiger partial charge in [0.05, 0.1) is 13.2 Å². The van der Waals surface area contributed by atoms with Crippen molar-refractivity contribution in [3.63, 3.8) is 0 Å². The molecule has 0 saturated carbocycles. The second-order valence-corrected chi connectivity index (χ2v) is 3.25. The number of hydrogen-bond acceptors (Lipinski definition) is 5. The zero-order chi connectivity index (χ0) is 12.2. The molecule has 0 saturated heterocycles. The average Bonchev–Trinajstić information content (AvgIpc) is 2.32. The lowest BCUT2D eigenvalue weighted by Crippen LogP contribution is -2.31.